The van der Waals surface area contributed by atoms with Crippen molar-refractivity contribution in [3.63, 3.8) is 0 Å². The molecule has 5 heteroatoms. The summed E-state index contributed by atoms with van der Waals surface area (Å²) in [5.74, 6) is -0.855. The van der Waals surface area contributed by atoms with E-state index < -0.39 is 11.6 Å². The van der Waals surface area contributed by atoms with Gasteiger partial charge in [-0.2, -0.15) is 0 Å². The van der Waals surface area contributed by atoms with E-state index in [2.05, 4.69) is 4.90 Å². The van der Waals surface area contributed by atoms with E-state index in [0.717, 1.165) is 5.56 Å². The van der Waals surface area contributed by atoms with Crippen LogP contribution in [0.3, 0.4) is 0 Å². The standard InChI is InChI=1S/C15H21NO4/c1-15(19,12-5-3-2-4-6-12)11-16-7-8-20-13(10-16)9-14(17)18/h2-6,13,19H,7-11H2,1H3,(H,17,18). The van der Waals surface area contributed by atoms with Crippen molar-refractivity contribution in [2.24, 2.45) is 0 Å². The molecule has 1 aliphatic heterocycles. The molecule has 0 saturated carbocycles. The molecule has 20 heavy (non-hydrogen) atoms. The Morgan fingerprint density at radius 2 is 2.15 bits per heavy atom. The van der Waals surface area contributed by atoms with E-state index >= 15 is 0 Å². The summed E-state index contributed by atoms with van der Waals surface area (Å²) < 4.78 is 5.44. The minimum absolute atomic E-state index is 0.00395. The fourth-order valence-corrected chi connectivity index (χ4v) is 2.57. The maximum atomic E-state index is 10.7. The smallest absolute Gasteiger partial charge is 0.306 e. The third-order valence-electron chi connectivity index (χ3n) is 3.55. The molecule has 0 spiro atoms. The van der Waals surface area contributed by atoms with E-state index in [1.165, 1.54) is 0 Å². The maximum absolute atomic E-state index is 10.7. The molecule has 2 rings (SSSR count). The second-order valence-electron chi connectivity index (χ2n) is 5.47. The number of benzene rings is 1. The summed E-state index contributed by atoms with van der Waals surface area (Å²) in [5, 5.41) is 19.4. The average molecular weight is 279 g/mol. The normalized spacial score (nSPS) is 23.2. The Labute approximate surface area is 118 Å². The van der Waals surface area contributed by atoms with E-state index in [0.29, 0.717) is 26.2 Å². The molecular formula is C15H21NO4. The number of morpholine rings is 1. The minimum Gasteiger partial charge on any atom is -0.481 e. The zero-order valence-corrected chi connectivity index (χ0v) is 11.7. The highest BCUT2D eigenvalue weighted by Gasteiger charge is 2.30. The molecule has 0 amide bonds. The van der Waals surface area contributed by atoms with Gasteiger partial charge in [-0.1, -0.05) is 30.3 Å². The van der Waals surface area contributed by atoms with Crippen LogP contribution in [0.2, 0.25) is 0 Å². The van der Waals surface area contributed by atoms with Crippen LogP contribution in [0.1, 0.15) is 18.9 Å². The lowest BCUT2D eigenvalue weighted by Crippen LogP contribution is -2.48. The van der Waals surface area contributed by atoms with Crippen LogP contribution in [0, 0.1) is 0 Å². The van der Waals surface area contributed by atoms with Crippen molar-refractivity contribution in [2.45, 2.75) is 25.0 Å². The van der Waals surface area contributed by atoms with Gasteiger partial charge in [0, 0.05) is 19.6 Å². The van der Waals surface area contributed by atoms with E-state index in [4.69, 9.17) is 9.84 Å². The molecule has 5 nitrogen and oxygen atoms in total. The molecule has 0 radical (unpaired) electrons. The summed E-state index contributed by atoms with van der Waals surface area (Å²) in [7, 11) is 0. The zero-order valence-electron chi connectivity index (χ0n) is 11.7. The number of aliphatic carboxylic acids is 1. The number of hydrogen-bond donors (Lipinski definition) is 2. The van der Waals surface area contributed by atoms with Gasteiger partial charge in [0.25, 0.3) is 0 Å². The fourth-order valence-electron chi connectivity index (χ4n) is 2.57. The van der Waals surface area contributed by atoms with Crippen molar-refractivity contribution in [3.8, 4) is 0 Å². The second kappa shape index (κ2) is 6.35. The van der Waals surface area contributed by atoms with E-state index in [1.807, 2.05) is 30.3 Å². The molecule has 1 aliphatic rings. The Morgan fingerprint density at radius 1 is 1.45 bits per heavy atom. The fraction of sp³-hybridized carbons (Fsp3) is 0.533. The Bertz CT molecular complexity index is 446. The summed E-state index contributed by atoms with van der Waals surface area (Å²) in [5.41, 5.74) is -0.0897. The zero-order chi connectivity index (χ0) is 14.6. The predicted molar refractivity (Wildman–Crippen MR) is 74.4 cm³/mol. The molecule has 0 aromatic heterocycles. The maximum Gasteiger partial charge on any atom is 0.306 e. The van der Waals surface area contributed by atoms with Gasteiger partial charge >= 0.3 is 5.97 Å². The van der Waals surface area contributed by atoms with E-state index in [9.17, 15) is 9.90 Å². The Hall–Kier alpha value is -1.43. The van der Waals surface area contributed by atoms with E-state index in [1.54, 1.807) is 6.92 Å². The van der Waals surface area contributed by atoms with Crippen LogP contribution in [-0.2, 0) is 15.1 Å². The summed E-state index contributed by atoms with van der Waals surface area (Å²) in [6.45, 7) is 4.00. The molecule has 0 aliphatic carbocycles. The molecule has 2 atom stereocenters. The molecule has 2 N–H and O–H groups in total. The number of carboxylic acids is 1. The van der Waals surface area contributed by atoms with Crippen molar-refractivity contribution < 1.29 is 19.7 Å². The quantitative estimate of drug-likeness (QED) is 0.843. The Kier molecular flexibility index (Phi) is 4.75. The summed E-state index contributed by atoms with van der Waals surface area (Å²) in [6.07, 6.45) is -0.294. The topological polar surface area (TPSA) is 70.0 Å². The molecule has 1 aromatic carbocycles. The third-order valence-corrected chi connectivity index (χ3v) is 3.55. The Balaban J connectivity index is 1.96. The molecule has 1 aromatic rings. The highest BCUT2D eigenvalue weighted by molar-refractivity contribution is 5.67. The van der Waals surface area contributed by atoms with Gasteiger partial charge < -0.3 is 14.9 Å². The first-order chi connectivity index (χ1) is 9.47. The number of ether oxygens (including phenoxy) is 1. The van der Waals surface area contributed by atoms with Crippen molar-refractivity contribution in [1.29, 1.82) is 0 Å². The second-order valence-corrected chi connectivity index (χ2v) is 5.47. The number of β-amino-alcohol motifs (C(OH)–C–C–N with tert-alkyl or cyclic N) is 1. The molecule has 1 fully saturated rings. The van der Waals surface area contributed by atoms with Crippen LogP contribution in [0.5, 0.6) is 0 Å². The number of rotatable bonds is 5. The van der Waals surface area contributed by atoms with Gasteiger partial charge in [-0.05, 0) is 12.5 Å². The lowest BCUT2D eigenvalue weighted by Gasteiger charge is -2.37. The molecule has 1 saturated heterocycles. The third kappa shape index (κ3) is 4.03. The molecule has 110 valence electrons. The van der Waals surface area contributed by atoms with Gasteiger partial charge in [0.2, 0.25) is 0 Å². The highest BCUT2D eigenvalue weighted by atomic mass is 16.5. The molecule has 1 heterocycles. The van der Waals surface area contributed by atoms with E-state index in [-0.39, 0.29) is 12.5 Å². The largest absolute Gasteiger partial charge is 0.481 e. The van der Waals surface area contributed by atoms with Crippen LogP contribution in [-0.4, -0.2) is 53.4 Å². The summed E-state index contributed by atoms with van der Waals surface area (Å²) in [6, 6.07) is 9.51. The number of aliphatic hydroxyl groups is 1. The van der Waals surface area contributed by atoms with Crippen molar-refractivity contribution in [3.05, 3.63) is 35.9 Å². The molecular weight excluding hydrogens is 258 g/mol. The van der Waals surface area contributed by atoms with Crippen LogP contribution in [0.25, 0.3) is 0 Å². The molecule has 2 unspecified atom stereocenters. The lowest BCUT2D eigenvalue weighted by molar-refractivity contribution is -0.142. The predicted octanol–water partition coefficient (Wildman–Crippen LogP) is 1.07. The Morgan fingerprint density at radius 3 is 2.80 bits per heavy atom. The highest BCUT2D eigenvalue weighted by Crippen LogP contribution is 2.23. The summed E-state index contributed by atoms with van der Waals surface area (Å²) >= 11 is 0. The average Bonchev–Trinajstić information content (AvgIpc) is 2.39. The van der Waals surface area contributed by atoms with Crippen LogP contribution in [0.4, 0.5) is 0 Å². The number of carbonyl (C=O) groups is 1. The van der Waals surface area contributed by atoms with Crippen molar-refractivity contribution in [2.75, 3.05) is 26.2 Å². The van der Waals surface area contributed by atoms with Crippen LogP contribution < -0.4 is 0 Å². The SMILES string of the molecule is CC(O)(CN1CCOC(CC(=O)O)C1)c1ccccc1. The number of hydrogen-bond acceptors (Lipinski definition) is 4. The first kappa shape index (κ1) is 15.0. The van der Waals surface area contributed by atoms with Gasteiger partial charge in [-0.15, -0.1) is 0 Å². The minimum atomic E-state index is -0.952. The van der Waals surface area contributed by atoms with Crippen molar-refractivity contribution >= 4 is 5.97 Å². The van der Waals surface area contributed by atoms with Crippen LogP contribution >= 0.6 is 0 Å². The number of nitrogens with zero attached hydrogens (tertiary/aromatic N) is 1. The first-order valence-corrected chi connectivity index (χ1v) is 6.81. The lowest BCUT2D eigenvalue weighted by atomic mass is 9.95. The van der Waals surface area contributed by atoms with Crippen LogP contribution in [0.15, 0.2) is 30.3 Å². The first-order valence-electron chi connectivity index (χ1n) is 6.81. The van der Waals surface area contributed by atoms with Gasteiger partial charge in [0.1, 0.15) is 0 Å². The summed E-state index contributed by atoms with van der Waals surface area (Å²) in [4.78, 5) is 12.8. The molecule has 0 bridgehead atoms. The monoisotopic (exact) mass is 279 g/mol. The van der Waals surface area contributed by atoms with Gasteiger partial charge in [-0.25, -0.2) is 0 Å². The van der Waals surface area contributed by atoms with Gasteiger partial charge in [-0.3, -0.25) is 9.69 Å². The van der Waals surface area contributed by atoms with Gasteiger partial charge in [0.15, 0.2) is 0 Å². The van der Waals surface area contributed by atoms with Crippen molar-refractivity contribution in [1.82, 2.24) is 4.90 Å². The van der Waals surface area contributed by atoms with Gasteiger partial charge in [0.05, 0.1) is 24.7 Å². The number of carboxylic acid groups (broad SMARTS) is 1.